The highest BCUT2D eigenvalue weighted by atomic mass is 35.5. The van der Waals surface area contributed by atoms with Crippen LogP contribution in [0.5, 0.6) is 0 Å². The number of carbonyl (C=O) groups excluding carboxylic acids is 1. The van der Waals surface area contributed by atoms with Crippen LogP contribution in [0.4, 0.5) is 0 Å². The minimum atomic E-state index is -0.589. The van der Waals surface area contributed by atoms with Gasteiger partial charge in [0.2, 0.25) is 0 Å². The molecule has 5 heteroatoms. The summed E-state index contributed by atoms with van der Waals surface area (Å²) in [6, 6.07) is 1.82. The first-order valence-electron chi connectivity index (χ1n) is 4.65. The van der Waals surface area contributed by atoms with Gasteiger partial charge in [-0.2, -0.15) is 0 Å². The second kappa shape index (κ2) is 4.99. The lowest BCUT2D eigenvalue weighted by Gasteiger charge is -2.04. The van der Waals surface area contributed by atoms with Gasteiger partial charge in [0, 0.05) is 11.3 Å². The zero-order chi connectivity index (χ0) is 12.3. The van der Waals surface area contributed by atoms with E-state index in [0.717, 1.165) is 11.3 Å². The highest BCUT2D eigenvalue weighted by molar-refractivity contribution is 6.31. The van der Waals surface area contributed by atoms with Crippen molar-refractivity contribution >= 4 is 23.6 Å². The highest BCUT2D eigenvalue weighted by Crippen LogP contribution is 2.19. The second-order valence-electron chi connectivity index (χ2n) is 3.36. The summed E-state index contributed by atoms with van der Waals surface area (Å²) >= 11 is 5.93. The van der Waals surface area contributed by atoms with Gasteiger partial charge in [-0.3, -0.25) is 0 Å². The highest BCUT2D eigenvalue weighted by Gasteiger charge is 2.08. The average Bonchev–Trinajstić information content (AvgIpc) is 2.24. The second-order valence-corrected chi connectivity index (χ2v) is 3.72. The van der Waals surface area contributed by atoms with E-state index in [1.807, 2.05) is 19.9 Å². The number of esters is 1. The maximum Gasteiger partial charge on any atom is 0.353 e. The van der Waals surface area contributed by atoms with Crippen LogP contribution in [0.2, 0.25) is 5.15 Å². The molecule has 1 rings (SSSR count). The summed E-state index contributed by atoms with van der Waals surface area (Å²) in [6.45, 7) is 3.77. The zero-order valence-corrected chi connectivity index (χ0v) is 10.1. The van der Waals surface area contributed by atoms with Crippen LogP contribution < -0.4 is 5.73 Å². The molecule has 1 aromatic heterocycles. The number of halogens is 1. The SMILES string of the molecule is COC(=O)/C(N)=C/c1cc(C)c(C)nc1Cl. The van der Waals surface area contributed by atoms with Gasteiger partial charge in [-0.25, -0.2) is 9.78 Å². The van der Waals surface area contributed by atoms with Gasteiger partial charge < -0.3 is 10.5 Å². The van der Waals surface area contributed by atoms with Gasteiger partial charge in [0.25, 0.3) is 0 Å². The summed E-state index contributed by atoms with van der Waals surface area (Å²) in [6.07, 6.45) is 1.45. The van der Waals surface area contributed by atoms with E-state index in [-0.39, 0.29) is 5.70 Å². The van der Waals surface area contributed by atoms with Crippen molar-refractivity contribution in [1.29, 1.82) is 0 Å². The smallest absolute Gasteiger partial charge is 0.353 e. The van der Waals surface area contributed by atoms with Gasteiger partial charge in [0.1, 0.15) is 10.9 Å². The van der Waals surface area contributed by atoms with Crippen LogP contribution in [-0.2, 0) is 9.53 Å². The number of aryl methyl sites for hydroxylation is 2. The molecule has 0 aliphatic carbocycles. The van der Waals surface area contributed by atoms with Crippen molar-refractivity contribution < 1.29 is 9.53 Å². The monoisotopic (exact) mass is 240 g/mol. The Bertz CT molecular complexity index is 456. The van der Waals surface area contributed by atoms with Gasteiger partial charge in [-0.15, -0.1) is 0 Å². The molecule has 4 nitrogen and oxygen atoms in total. The molecule has 0 saturated carbocycles. The number of methoxy groups -OCH3 is 1. The Labute approximate surface area is 99.1 Å². The molecular weight excluding hydrogens is 228 g/mol. The van der Waals surface area contributed by atoms with Crippen molar-refractivity contribution in [3.8, 4) is 0 Å². The van der Waals surface area contributed by atoms with Crippen LogP contribution >= 0.6 is 11.6 Å². The van der Waals surface area contributed by atoms with Gasteiger partial charge in [0.15, 0.2) is 0 Å². The van der Waals surface area contributed by atoms with Crippen molar-refractivity contribution in [2.24, 2.45) is 5.73 Å². The zero-order valence-electron chi connectivity index (χ0n) is 9.37. The first-order chi connectivity index (χ1) is 7.45. The Hall–Kier alpha value is -1.55. The molecule has 2 N–H and O–H groups in total. The predicted octanol–water partition coefficient (Wildman–Crippen LogP) is 1.82. The van der Waals surface area contributed by atoms with E-state index in [2.05, 4.69) is 9.72 Å². The molecule has 0 aliphatic rings. The summed E-state index contributed by atoms with van der Waals surface area (Å²) < 4.78 is 4.48. The first kappa shape index (κ1) is 12.5. The van der Waals surface area contributed by atoms with Crippen molar-refractivity contribution in [1.82, 2.24) is 4.98 Å². The van der Waals surface area contributed by atoms with Crippen molar-refractivity contribution in [2.75, 3.05) is 7.11 Å². The number of hydrogen-bond donors (Lipinski definition) is 1. The molecule has 0 unspecified atom stereocenters. The fourth-order valence-corrected chi connectivity index (χ4v) is 1.38. The number of nitrogens with zero attached hydrogens (tertiary/aromatic N) is 1. The molecular formula is C11H13ClN2O2. The van der Waals surface area contributed by atoms with Crippen LogP contribution in [0.1, 0.15) is 16.8 Å². The minimum Gasteiger partial charge on any atom is -0.464 e. The van der Waals surface area contributed by atoms with E-state index in [4.69, 9.17) is 17.3 Å². The third kappa shape index (κ3) is 2.73. The maximum absolute atomic E-state index is 11.1. The van der Waals surface area contributed by atoms with Gasteiger partial charge >= 0.3 is 5.97 Å². The largest absolute Gasteiger partial charge is 0.464 e. The number of nitrogens with two attached hydrogens (primary N) is 1. The Kier molecular flexibility index (Phi) is 3.90. The molecule has 0 bridgehead atoms. The summed E-state index contributed by atoms with van der Waals surface area (Å²) in [5, 5.41) is 0.315. The van der Waals surface area contributed by atoms with Crippen molar-refractivity contribution in [3.05, 3.63) is 33.7 Å². The van der Waals surface area contributed by atoms with Crippen LogP contribution in [0, 0.1) is 13.8 Å². The summed E-state index contributed by atoms with van der Waals surface area (Å²) in [7, 11) is 1.27. The Morgan fingerprint density at radius 1 is 1.56 bits per heavy atom. The third-order valence-corrected chi connectivity index (χ3v) is 2.48. The lowest BCUT2D eigenvalue weighted by molar-refractivity contribution is -0.136. The lowest BCUT2D eigenvalue weighted by atomic mass is 10.1. The molecule has 0 fully saturated rings. The molecule has 0 spiro atoms. The summed E-state index contributed by atoms with van der Waals surface area (Å²) in [5.74, 6) is -0.589. The van der Waals surface area contributed by atoms with E-state index in [9.17, 15) is 4.79 Å². The summed E-state index contributed by atoms with van der Waals surface area (Å²) in [5.41, 5.74) is 7.94. The fraction of sp³-hybridized carbons (Fsp3) is 0.273. The molecule has 1 aromatic rings. The molecule has 16 heavy (non-hydrogen) atoms. The van der Waals surface area contributed by atoms with Crippen LogP contribution in [0.15, 0.2) is 11.8 Å². The first-order valence-corrected chi connectivity index (χ1v) is 5.02. The number of carbonyl (C=O) groups is 1. The van der Waals surface area contributed by atoms with Gasteiger partial charge in [0.05, 0.1) is 7.11 Å². The average molecular weight is 241 g/mol. The lowest BCUT2D eigenvalue weighted by Crippen LogP contribution is -2.12. The molecule has 1 heterocycles. The van der Waals surface area contributed by atoms with Crippen LogP contribution in [0.3, 0.4) is 0 Å². The molecule has 0 radical (unpaired) electrons. The number of rotatable bonds is 2. The third-order valence-electron chi connectivity index (χ3n) is 2.18. The molecule has 0 amide bonds. The normalized spacial score (nSPS) is 11.4. The van der Waals surface area contributed by atoms with E-state index in [0.29, 0.717) is 10.7 Å². The van der Waals surface area contributed by atoms with E-state index >= 15 is 0 Å². The molecule has 0 aliphatic heterocycles. The molecule has 0 aromatic carbocycles. The Balaban J connectivity index is 3.15. The maximum atomic E-state index is 11.1. The van der Waals surface area contributed by atoms with Gasteiger partial charge in [-0.1, -0.05) is 11.6 Å². The van der Waals surface area contributed by atoms with E-state index < -0.39 is 5.97 Å². The number of aromatic nitrogens is 1. The fourth-order valence-electron chi connectivity index (χ4n) is 1.14. The predicted molar refractivity (Wildman–Crippen MR) is 62.9 cm³/mol. The van der Waals surface area contributed by atoms with Crippen LogP contribution in [0.25, 0.3) is 6.08 Å². The van der Waals surface area contributed by atoms with E-state index in [1.54, 1.807) is 0 Å². The minimum absolute atomic E-state index is 0.00514. The number of ether oxygens (including phenoxy) is 1. The topological polar surface area (TPSA) is 65.2 Å². The van der Waals surface area contributed by atoms with Crippen molar-refractivity contribution in [3.63, 3.8) is 0 Å². The molecule has 86 valence electrons. The quantitative estimate of drug-likeness (QED) is 0.487. The van der Waals surface area contributed by atoms with Gasteiger partial charge in [-0.05, 0) is 31.6 Å². The van der Waals surface area contributed by atoms with E-state index in [1.165, 1.54) is 13.2 Å². The van der Waals surface area contributed by atoms with Crippen molar-refractivity contribution in [2.45, 2.75) is 13.8 Å². The number of pyridine rings is 1. The summed E-state index contributed by atoms with van der Waals surface area (Å²) in [4.78, 5) is 15.2. The standard InChI is InChI=1S/C11H13ClN2O2/c1-6-4-8(10(12)14-7(6)2)5-9(13)11(15)16-3/h4-5H,13H2,1-3H3/b9-5-. The Morgan fingerprint density at radius 2 is 2.19 bits per heavy atom. The molecule has 0 saturated heterocycles. The van der Waals surface area contributed by atoms with Crippen LogP contribution in [-0.4, -0.2) is 18.1 Å². The number of hydrogen-bond acceptors (Lipinski definition) is 4. The molecule has 0 atom stereocenters. The Morgan fingerprint density at radius 3 is 2.75 bits per heavy atom.